The van der Waals surface area contributed by atoms with E-state index in [0.717, 1.165) is 0 Å². The van der Waals surface area contributed by atoms with Gasteiger partial charge in [0, 0.05) is 14.1 Å². The van der Waals surface area contributed by atoms with E-state index >= 15 is 0 Å². The van der Waals surface area contributed by atoms with Gasteiger partial charge in [-0.05, 0) is 0 Å². The average Bonchev–Trinajstić information content (AvgIpc) is 1.84. The van der Waals surface area contributed by atoms with Crippen molar-refractivity contribution in [1.29, 1.82) is 0 Å². The number of hydrogen-bond acceptors (Lipinski definition) is 4. The predicted octanol–water partition coefficient (Wildman–Crippen LogP) is -1.62. The van der Waals surface area contributed by atoms with Gasteiger partial charge in [0.15, 0.2) is 0 Å². The van der Waals surface area contributed by atoms with Crippen molar-refractivity contribution in [2.75, 3.05) is 14.1 Å². The van der Waals surface area contributed by atoms with Crippen molar-refractivity contribution < 1.29 is 14.7 Å². The molecule has 0 aromatic carbocycles. The zero-order chi connectivity index (χ0) is 9.72. The van der Waals surface area contributed by atoms with Crippen LogP contribution in [-0.2, 0) is 9.59 Å². The minimum absolute atomic E-state index is 0.215. The number of nitrogens with zero attached hydrogens (tertiary/aromatic N) is 1. The van der Waals surface area contributed by atoms with Crippen molar-refractivity contribution in [2.24, 2.45) is 5.73 Å². The number of amides is 1. The summed E-state index contributed by atoms with van der Waals surface area (Å²) in [4.78, 5) is 21.1. The maximum Gasteiger partial charge on any atom is 0.321 e. The minimum Gasteiger partial charge on any atom is -0.480 e. The molecule has 0 bridgehead atoms. The van der Waals surface area contributed by atoms with E-state index in [1.807, 2.05) is 0 Å². The van der Waals surface area contributed by atoms with Gasteiger partial charge in [-0.1, -0.05) is 0 Å². The first-order valence-corrected chi connectivity index (χ1v) is 3.38. The lowest BCUT2D eigenvalue weighted by Gasteiger charge is -2.12. The highest BCUT2D eigenvalue weighted by atomic mass is 16.4. The molecule has 0 fully saturated rings. The largest absolute Gasteiger partial charge is 0.480 e. The zero-order valence-electron chi connectivity index (χ0n) is 7.07. The molecule has 1 amide bonds. The third-order valence-electron chi connectivity index (χ3n) is 1.07. The van der Waals surface area contributed by atoms with Crippen molar-refractivity contribution in [3.05, 3.63) is 0 Å². The van der Waals surface area contributed by atoms with E-state index < -0.39 is 17.9 Å². The van der Waals surface area contributed by atoms with Crippen LogP contribution in [0, 0.1) is 0 Å². The van der Waals surface area contributed by atoms with E-state index in [0.29, 0.717) is 0 Å². The molecule has 6 nitrogen and oxygen atoms in total. The number of nitrogens with one attached hydrogen (secondary N) is 1. The van der Waals surface area contributed by atoms with Crippen molar-refractivity contribution >= 4 is 11.9 Å². The van der Waals surface area contributed by atoms with E-state index in [4.69, 9.17) is 10.8 Å². The van der Waals surface area contributed by atoms with Crippen LogP contribution in [0.1, 0.15) is 6.42 Å². The highest BCUT2D eigenvalue weighted by Gasteiger charge is 2.15. The third kappa shape index (κ3) is 4.64. The Balaban J connectivity index is 3.77. The summed E-state index contributed by atoms with van der Waals surface area (Å²) in [5.74, 6) is -1.58. The first-order valence-electron chi connectivity index (χ1n) is 3.38. The summed E-state index contributed by atoms with van der Waals surface area (Å²) < 4.78 is 0. The number of aliphatic carboxylic acids is 1. The second kappa shape index (κ2) is 4.68. The molecule has 0 aliphatic heterocycles. The molecule has 0 rings (SSSR count). The Morgan fingerprint density at radius 2 is 2.08 bits per heavy atom. The smallest absolute Gasteiger partial charge is 0.321 e. The number of carbonyl (C=O) groups is 2. The molecule has 0 radical (unpaired) electrons. The summed E-state index contributed by atoms with van der Waals surface area (Å²) in [7, 11) is 3.26. The third-order valence-corrected chi connectivity index (χ3v) is 1.07. The summed E-state index contributed by atoms with van der Waals surface area (Å²) in [5.41, 5.74) is 7.49. The van der Waals surface area contributed by atoms with Crippen LogP contribution >= 0.6 is 0 Å². The Bertz CT molecular complexity index is 181. The van der Waals surface area contributed by atoms with Crippen molar-refractivity contribution in [2.45, 2.75) is 12.5 Å². The standard InChI is InChI=1S/C6H13N3O3/c1-9(2)8-5(10)3-4(7)6(11)12/h4H,3,7H2,1-2H3,(H,8,10)(H,11,12). The number of hydrazine groups is 1. The molecule has 0 aliphatic rings. The zero-order valence-corrected chi connectivity index (χ0v) is 7.07. The van der Waals surface area contributed by atoms with Crippen LogP contribution in [0.4, 0.5) is 0 Å². The molecule has 0 aromatic heterocycles. The fourth-order valence-electron chi connectivity index (χ4n) is 0.582. The number of carboxylic acid groups (broad SMARTS) is 1. The van der Waals surface area contributed by atoms with Crippen LogP contribution in [0.15, 0.2) is 0 Å². The quantitative estimate of drug-likeness (QED) is 0.446. The fraction of sp³-hybridized carbons (Fsp3) is 0.667. The topological polar surface area (TPSA) is 95.7 Å². The molecule has 0 saturated carbocycles. The van der Waals surface area contributed by atoms with Crippen LogP contribution in [-0.4, -0.2) is 42.1 Å². The number of carbonyl (C=O) groups excluding carboxylic acids is 1. The van der Waals surface area contributed by atoms with Gasteiger partial charge in [0.2, 0.25) is 5.91 Å². The lowest BCUT2D eigenvalue weighted by molar-refractivity contribution is -0.141. The summed E-state index contributed by atoms with van der Waals surface area (Å²) in [5, 5.41) is 9.77. The van der Waals surface area contributed by atoms with Crippen molar-refractivity contribution in [1.82, 2.24) is 10.4 Å². The number of rotatable bonds is 4. The van der Waals surface area contributed by atoms with Crippen molar-refractivity contribution in [3.8, 4) is 0 Å². The molecule has 4 N–H and O–H groups in total. The van der Waals surface area contributed by atoms with Crippen LogP contribution in [0.2, 0.25) is 0 Å². The maximum atomic E-state index is 10.9. The van der Waals surface area contributed by atoms with Gasteiger partial charge in [-0.3, -0.25) is 15.0 Å². The molecule has 70 valence electrons. The Morgan fingerprint density at radius 3 is 2.42 bits per heavy atom. The molecule has 1 unspecified atom stereocenters. The Hall–Kier alpha value is -1.14. The van der Waals surface area contributed by atoms with Gasteiger partial charge in [0.25, 0.3) is 0 Å². The van der Waals surface area contributed by atoms with Gasteiger partial charge >= 0.3 is 5.97 Å². The Morgan fingerprint density at radius 1 is 1.58 bits per heavy atom. The van der Waals surface area contributed by atoms with E-state index in [1.54, 1.807) is 14.1 Å². The van der Waals surface area contributed by atoms with Gasteiger partial charge in [-0.25, -0.2) is 5.01 Å². The SMILES string of the molecule is CN(C)NC(=O)CC(N)C(=O)O. The number of carboxylic acids is 1. The van der Waals surface area contributed by atoms with Gasteiger partial charge in [0.1, 0.15) is 6.04 Å². The highest BCUT2D eigenvalue weighted by molar-refractivity contribution is 5.83. The summed E-state index contributed by atoms with van der Waals surface area (Å²) >= 11 is 0. The Kier molecular flexibility index (Phi) is 4.24. The molecule has 6 heteroatoms. The normalized spacial score (nSPS) is 12.7. The lowest BCUT2D eigenvalue weighted by Crippen LogP contribution is -2.41. The van der Waals surface area contributed by atoms with Crippen LogP contribution in [0.5, 0.6) is 0 Å². The summed E-state index contributed by atoms with van der Waals surface area (Å²) in [6.07, 6.45) is -0.215. The van der Waals surface area contributed by atoms with Gasteiger partial charge in [0.05, 0.1) is 6.42 Å². The monoisotopic (exact) mass is 175 g/mol. The first kappa shape index (κ1) is 10.9. The summed E-state index contributed by atoms with van der Waals surface area (Å²) in [6.45, 7) is 0. The predicted molar refractivity (Wildman–Crippen MR) is 42.1 cm³/mol. The molecule has 12 heavy (non-hydrogen) atoms. The maximum absolute atomic E-state index is 10.9. The molecule has 0 saturated heterocycles. The molecule has 1 atom stereocenters. The molecule has 0 heterocycles. The Labute approximate surface area is 70.3 Å². The highest BCUT2D eigenvalue weighted by Crippen LogP contribution is 1.87. The van der Waals surface area contributed by atoms with E-state index in [1.165, 1.54) is 5.01 Å². The molecule has 0 aromatic rings. The number of nitrogens with two attached hydrogens (primary N) is 1. The van der Waals surface area contributed by atoms with Crippen LogP contribution in [0.3, 0.4) is 0 Å². The molecular weight excluding hydrogens is 162 g/mol. The summed E-state index contributed by atoms with van der Waals surface area (Å²) in [6, 6.07) is -1.13. The molecule has 0 aliphatic carbocycles. The molecule has 0 spiro atoms. The van der Waals surface area contributed by atoms with Crippen LogP contribution in [0.25, 0.3) is 0 Å². The lowest BCUT2D eigenvalue weighted by atomic mass is 10.2. The van der Waals surface area contributed by atoms with Crippen molar-refractivity contribution in [3.63, 3.8) is 0 Å². The van der Waals surface area contributed by atoms with E-state index in [-0.39, 0.29) is 6.42 Å². The van der Waals surface area contributed by atoms with Gasteiger partial charge in [-0.15, -0.1) is 0 Å². The average molecular weight is 175 g/mol. The fourth-order valence-corrected chi connectivity index (χ4v) is 0.582. The number of hydrogen-bond donors (Lipinski definition) is 3. The van der Waals surface area contributed by atoms with Gasteiger partial charge < -0.3 is 10.8 Å². The second-order valence-corrected chi connectivity index (χ2v) is 2.58. The minimum atomic E-state index is -1.18. The van der Waals surface area contributed by atoms with Crippen LogP contribution < -0.4 is 11.2 Å². The molecular formula is C6H13N3O3. The second-order valence-electron chi connectivity index (χ2n) is 2.58. The first-order chi connectivity index (χ1) is 5.43. The van der Waals surface area contributed by atoms with E-state index in [9.17, 15) is 9.59 Å². The van der Waals surface area contributed by atoms with Gasteiger partial charge in [-0.2, -0.15) is 0 Å². The van der Waals surface area contributed by atoms with E-state index in [2.05, 4.69) is 5.43 Å².